The van der Waals surface area contributed by atoms with Gasteiger partial charge in [0.1, 0.15) is 11.5 Å². The third kappa shape index (κ3) is 2.32. The average molecular weight is 255 g/mol. The minimum absolute atomic E-state index is 0.315. The average Bonchev–Trinajstić information content (AvgIpc) is 2.90. The Morgan fingerprint density at radius 3 is 2.06 bits per heavy atom. The van der Waals surface area contributed by atoms with Gasteiger partial charge in [0, 0.05) is 17.0 Å². The first-order valence-electron chi connectivity index (χ1n) is 5.78. The van der Waals surface area contributed by atoms with Crippen LogP contribution < -0.4 is 14.2 Å². The lowest BCUT2D eigenvalue weighted by molar-refractivity contribution is 0.319. The van der Waals surface area contributed by atoms with Crippen LogP contribution in [0.15, 0.2) is 17.0 Å². The summed E-state index contributed by atoms with van der Waals surface area (Å²) < 4.78 is 16.2. The van der Waals surface area contributed by atoms with E-state index in [0.717, 1.165) is 11.5 Å². The summed E-state index contributed by atoms with van der Waals surface area (Å²) in [6.45, 7) is 0. The Labute approximate surface area is 105 Å². The maximum Gasteiger partial charge on any atom is 0.220 e. The smallest absolute Gasteiger partial charge is 0.220 e. The highest BCUT2D eigenvalue weighted by molar-refractivity contribution is 7.97. The van der Waals surface area contributed by atoms with Crippen molar-refractivity contribution in [2.24, 2.45) is 0 Å². The molecule has 0 bridgehead atoms. The van der Waals surface area contributed by atoms with E-state index in [2.05, 4.69) is 6.07 Å². The van der Waals surface area contributed by atoms with Gasteiger partial charge in [-0.25, -0.2) is 0 Å². The molecule has 17 heavy (non-hydrogen) atoms. The summed E-state index contributed by atoms with van der Waals surface area (Å²) in [5, 5.41) is 0. The molecule has 0 unspecified atom stereocenters. The zero-order chi connectivity index (χ0) is 12.3. The van der Waals surface area contributed by atoms with Crippen LogP contribution in [-0.2, 0) is 10.9 Å². The number of benzene rings is 1. The number of hydrogen-bond donors (Lipinski definition) is 0. The fourth-order valence-electron chi connectivity index (χ4n) is 2.18. The highest BCUT2D eigenvalue weighted by Crippen LogP contribution is 2.43. The molecule has 0 radical (unpaired) electrons. The van der Waals surface area contributed by atoms with Crippen molar-refractivity contribution in [3.05, 3.63) is 12.1 Å². The van der Waals surface area contributed by atoms with Crippen molar-refractivity contribution in [2.75, 3.05) is 32.8 Å². The van der Waals surface area contributed by atoms with Gasteiger partial charge in [0.2, 0.25) is 16.4 Å². The van der Waals surface area contributed by atoms with Gasteiger partial charge in [0.15, 0.2) is 5.75 Å². The van der Waals surface area contributed by atoms with E-state index in [1.54, 1.807) is 21.3 Å². The van der Waals surface area contributed by atoms with Gasteiger partial charge in [-0.1, -0.05) is 0 Å². The number of ether oxygens (including phenoxy) is 3. The second-order valence-corrected chi connectivity index (χ2v) is 6.18. The fraction of sp³-hybridized carbons (Fsp3) is 0.538. The first-order valence-corrected chi connectivity index (χ1v) is 7.34. The van der Waals surface area contributed by atoms with E-state index >= 15 is 0 Å². The molecule has 0 aromatic heterocycles. The Hall–Kier alpha value is -1.03. The van der Waals surface area contributed by atoms with Crippen LogP contribution in [0.25, 0.3) is 0 Å². The van der Waals surface area contributed by atoms with Crippen LogP contribution in [0.5, 0.6) is 17.2 Å². The minimum Gasteiger partial charge on any atom is -0.493 e. The van der Waals surface area contributed by atoms with E-state index in [1.165, 1.54) is 29.2 Å². The third-order valence-electron chi connectivity index (χ3n) is 3.01. The van der Waals surface area contributed by atoms with Crippen LogP contribution in [0.2, 0.25) is 0 Å². The molecule has 4 heteroatoms. The summed E-state index contributed by atoms with van der Waals surface area (Å²) in [5.74, 6) is 4.83. The van der Waals surface area contributed by atoms with Crippen molar-refractivity contribution in [3.8, 4) is 17.2 Å². The third-order valence-corrected chi connectivity index (χ3v) is 5.52. The van der Waals surface area contributed by atoms with E-state index in [9.17, 15) is 0 Å². The summed E-state index contributed by atoms with van der Waals surface area (Å²) in [6.07, 6.45) is 2.64. The molecular formula is C13H19O3S+. The quantitative estimate of drug-likeness (QED) is 0.774. The van der Waals surface area contributed by atoms with Crippen LogP contribution in [0.3, 0.4) is 0 Å². The zero-order valence-electron chi connectivity index (χ0n) is 10.6. The Balaban J connectivity index is 2.44. The monoisotopic (exact) mass is 255 g/mol. The molecule has 1 heterocycles. The highest BCUT2D eigenvalue weighted by atomic mass is 32.2. The normalized spacial score (nSPS) is 15.9. The van der Waals surface area contributed by atoms with Gasteiger partial charge in [-0.05, 0) is 18.9 Å². The molecule has 1 aromatic rings. The van der Waals surface area contributed by atoms with Crippen LogP contribution in [0, 0.1) is 0 Å². The molecule has 0 atom stereocenters. The van der Waals surface area contributed by atoms with E-state index in [4.69, 9.17) is 14.2 Å². The van der Waals surface area contributed by atoms with Gasteiger partial charge in [-0.3, -0.25) is 0 Å². The van der Waals surface area contributed by atoms with Gasteiger partial charge in [0.25, 0.3) is 0 Å². The number of rotatable bonds is 4. The second kappa shape index (κ2) is 5.54. The maximum atomic E-state index is 5.52. The van der Waals surface area contributed by atoms with Gasteiger partial charge < -0.3 is 14.2 Å². The molecule has 0 saturated carbocycles. The topological polar surface area (TPSA) is 27.7 Å². The van der Waals surface area contributed by atoms with E-state index in [0.29, 0.717) is 16.6 Å². The lowest BCUT2D eigenvalue weighted by atomic mass is 10.3. The molecule has 0 spiro atoms. The van der Waals surface area contributed by atoms with Crippen molar-refractivity contribution in [1.82, 2.24) is 0 Å². The predicted molar refractivity (Wildman–Crippen MR) is 70.7 cm³/mol. The molecule has 1 aliphatic rings. The van der Waals surface area contributed by atoms with Crippen molar-refractivity contribution in [2.45, 2.75) is 17.7 Å². The molecule has 0 aliphatic carbocycles. The molecule has 0 amide bonds. The number of hydrogen-bond acceptors (Lipinski definition) is 3. The Morgan fingerprint density at radius 2 is 1.53 bits per heavy atom. The summed E-state index contributed by atoms with van der Waals surface area (Å²) in [4.78, 5) is 1.28. The Morgan fingerprint density at radius 1 is 0.882 bits per heavy atom. The second-order valence-electron chi connectivity index (χ2n) is 3.94. The predicted octanol–water partition coefficient (Wildman–Crippen LogP) is 2.48. The van der Waals surface area contributed by atoms with Crippen molar-refractivity contribution in [3.63, 3.8) is 0 Å². The lowest BCUT2D eigenvalue weighted by Crippen LogP contribution is -2.07. The van der Waals surface area contributed by atoms with Crippen LogP contribution in [-0.4, -0.2) is 32.8 Å². The fourth-order valence-corrected chi connectivity index (χ4v) is 4.62. The van der Waals surface area contributed by atoms with Crippen LogP contribution in [0.1, 0.15) is 12.8 Å². The molecule has 2 rings (SSSR count). The van der Waals surface area contributed by atoms with Gasteiger partial charge in [-0.15, -0.1) is 0 Å². The van der Waals surface area contributed by atoms with E-state index < -0.39 is 0 Å². The van der Waals surface area contributed by atoms with Crippen molar-refractivity contribution >= 4 is 10.9 Å². The zero-order valence-corrected chi connectivity index (χ0v) is 11.4. The van der Waals surface area contributed by atoms with Crippen molar-refractivity contribution < 1.29 is 14.2 Å². The Bertz CT molecular complexity index is 386. The van der Waals surface area contributed by atoms with Gasteiger partial charge in [-0.2, -0.15) is 0 Å². The standard InChI is InChI=1S/C13H19O3S/c1-14-10-6-7-11(17-8-4-5-9-17)13(16-3)12(10)15-2/h6-7H,4-5,8-9H2,1-3H3/q+1. The SMILES string of the molecule is COc1ccc([S+]2CCCC2)c(OC)c1OC. The summed E-state index contributed by atoms with van der Waals surface area (Å²) in [6, 6.07) is 4.09. The molecule has 94 valence electrons. The molecule has 1 aromatic carbocycles. The van der Waals surface area contributed by atoms with E-state index in [1.807, 2.05) is 6.07 Å². The molecule has 3 nitrogen and oxygen atoms in total. The summed E-state index contributed by atoms with van der Waals surface area (Å²) in [7, 11) is 5.31. The minimum atomic E-state index is 0.315. The molecule has 1 aliphatic heterocycles. The Kier molecular flexibility index (Phi) is 4.05. The first-order chi connectivity index (χ1) is 8.31. The molecular weight excluding hydrogens is 236 g/mol. The van der Waals surface area contributed by atoms with Crippen molar-refractivity contribution in [1.29, 1.82) is 0 Å². The van der Waals surface area contributed by atoms with E-state index in [-0.39, 0.29) is 0 Å². The molecule has 1 fully saturated rings. The van der Waals surface area contributed by atoms with Crippen LogP contribution in [0.4, 0.5) is 0 Å². The molecule has 1 saturated heterocycles. The number of methoxy groups -OCH3 is 3. The maximum absolute atomic E-state index is 5.52. The van der Waals surface area contributed by atoms with Crippen LogP contribution >= 0.6 is 0 Å². The summed E-state index contributed by atoms with van der Waals surface area (Å²) >= 11 is 0. The lowest BCUT2D eigenvalue weighted by Gasteiger charge is -2.14. The molecule has 0 N–H and O–H groups in total. The first kappa shape index (κ1) is 12.4. The highest BCUT2D eigenvalue weighted by Gasteiger charge is 2.32. The largest absolute Gasteiger partial charge is 0.493 e. The van der Waals surface area contributed by atoms with Gasteiger partial charge >= 0.3 is 0 Å². The summed E-state index contributed by atoms with van der Waals surface area (Å²) in [5.41, 5.74) is 0. The van der Waals surface area contributed by atoms with Gasteiger partial charge in [0.05, 0.1) is 21.3 Å².